The van der Waals surface area contributed by atoms with Crippen molar-refractivity contribution in [1.82, 2.24) is 10.1 Å². The van der Waals surface area contributed by atoms with Crippen molar-refractivity contribution in [2.75, 3.05) is 25.0 Å². The van der Waals surface area contributed by atoms with Crippen LogP contribution in [0.15, 0.2) is 40.9 Å². The summed E-state index contributed by atoms with van der Waals surface area (Å²) in [5.41, 5.74) is 0.919. The highest BCUT2D eigenvalue weighted by Crippen LogP contribution is 2.15. The Hall–Kier alpha value is -2.67. The maximum atomic E-state index is 12.7. The SMILES string of the molecule is Cc1cc(NC(=O)CN(CC2CCCO2)C(=O)Cc2ccccc2)no1. The van der Waals surface area contributed by atoms with Crippen LogP contribution in [0.25, 0.3) is 0 Å². The van der Waals surface area contributed by atoms with E-state index >= 15 is 0 Å². The minimum absolute atomic E-state index is 0.0168. The topological polar surface area (TPSA) is 84.7 Å². The number of ether oxygens (including phenoxy) is 1. The lowest BCUT2D eigenvalue weighted by molar-refractivity contribution is -0.135. The van der Waals surface area contributed by atoms with Crippen LogP contribution in [0.3, 0.4) is 0 Å². The Balaban J connectivity index is 1.63. The van der Waals surface area contributed by atoms with Gasteiger partial charge in [0.15, 0.2) is 5.82 Å². The number of nitrogens with zero attached hydrogens (tertiary/aromatic N) is 2. The molecule has 26 heavy (non-hydrogen) atoms. The molecule has 1 fully saturated rings. The molecule has 2 amide bonds. The zero-order valence-corrected chi connectivity index (χ0v) is 14.8. The van der Waals surface area contributed by atoms with Gasteiger partial charge in [0.1, 0.15) is 12.3 Å². The first-order chi connectivity index (χ1) is 12.6. The predicted molar refractivity (Wildman–Crippen MR) is 95.6 cm³/mol. The van der Waals surface area contributed by atoms with Crippen molar-refractivity contribution in [2.45, 2.75) is 32.3 Å². The molecule has 0 aliphatic carbocycles. The zero-order valence-electron chi connectivity index (χ0n) is 14.8. The number of anilines is 1. The molecular weight excluding hydrogens is 334 g/mol. The average molecular weight is 357 g/mol. The molecule has 0 radical (unpaired) electrons. The van der Waals surface area contributed by atoms with Crippen molar-refractivity contribution >= 4 is 17.6 Å². The molecule has 3 rings (SSSR count). The van der Waals surface area contributed by atoms with E-state index in [0.29, 0.717) is 24.7 Å². The van der Waals surface area contributed by atoms with Gasteiger partial charge in [-0.2, -0.15) is 0 Å². The highest BCUT2D eigenvalue weighted by molar-refractivity contribution is 5.94. The number of amides is 2. The second-order valence-electron chi connectivity index (χ2n) is 6.44. The number of nitrogens with one attached hydrogen (secondary N) is 1. The standard InChI is InChI=1S/C19H23N3O4/c1-14-10-17(21-26-14)20-18(23)13-22(12-16-8-5-9-25-16)19(24)11-15-6-3-2-4-7-15/h2-4,6-7,10,16H,5,8-9,11-13H2,1H3,(H,20,21,23). The number of carbonyl (C=O) groups is 2. The molecule has 7 nitrogen and oxygen atoms in total. The van der Waals surface area contributed by atoms with Crippen LogP contribution in [0, 0.1) is 6.92 Å². The molecule has 1 aromatic carbocycles. The number of carbonyl (C=O) groups excluding carboxylic acids is 2. The Morgan fingerprint density at radius 1 is 1.31 bits per heavy atom. The highest BCUT2D eigenvalue weighted by Gasteiger charge is 2.24. The summed E-state index contributed by atoms with van der Waals surface area (Å²) >= 11 is 0. The minimum atomic E-state index is -0.308. The molecule has 1 aliphatic heterocycles. The Morgan fingerprint density at radius 2 is 2.12 bits per heavy atom. The first-order valence-corrected chi connectivity index (χ1v) is 8.76. The van der Waals surface area contributed by atoms with Crippen molar-refractivity contribution in [2.24, 2.45) is 0 Å². The van der Waals surface area contributed by atoms with Gasteiger partial charge in [0.25, 0.3) is 0 Å². The molecule has 0 bridgehead atoms. The summed E-state index contributed by atoms with van der Waals surface area (Å²) in [6, 6.07) is 11.1. The quantitative estimate of drug-likeness (QED) is 0.821. The van der Waals surface area contributed by atoms with Gasteiger partial charge < -0.3 is 19.5 Å². The van der Waals surface area contributed by atoms with E-state index in [2.05, 4.69) is 10.5 Å². The molecule has 1 aromatic heterocycles. The summed E-state index contributed by atoms with van der Waals surface area (Å²) < 4.78 is 10.6. The first-order valence-electron chi connectivity index (χ1n) is 8.76. The fourth-order valence-corrected chi connectivity index (χ4v) is 2.95. The monoisotopic (exact) mass is 357 g/mol. The largest absolute Gasteiger partial charge is 0.376 e. The van der Waals surface area contributed by atoms with Gasteiger partial charge >= 0.3 is 0 Å². The first kappa shape index (κ1) is 18.1. The van der Waals surface area contributed by atoms with Crippen LogP contribution in [0.1, 0.15) is 24.2 Å². The second-order valence-corrected chi connectivity index (χ2v) is 6.44. The van der Waals surface area contributed by atoms with Crippen LogP contribution < -0.4 is 5.32 Å². The lowest BCUT2D eigenvalue weighted by Crippen LogP contribution is -2.43. The third kappa shape index (κ3) is 5.16. The Kier molecular flexibility index (Phi) is 6.01. The van der Waals surface area contributed by atoms with Crippen molar-refractivity contribution in [3.05, 3.63) is 47.7 Å². The number of hydrogen-bond donors (Lipinski definition) is 1. The summed E-state index contributed by atoms with van der Waals surface area (Å²) in [7, 11) is 0. The molecule has 0 saturated carbocycles. The number of hydrogen-bond acceptors (Lipinski definition) is 5. The van der Waals surface area contributed by atoms with E-state index in [0.717, 1.165) is 18.4 Å². The summed E-state index contributed by atoms with van der Waals surface area (Å²) in [6.45, 7) is 2.82. The van der Waals surface area contributed by atoms with Gasteiger partial charge in [0.05, 0.1) is 12.5 Å². The van der Waals surface area contributed by atoms with Crippen LogP contribution in [-0.4, -0.2) is 47.7 Å². The lowest BCUT2D eigenvalue weighted by atomic mass is 10.1. The summed E-state index contributed by atoms with van der Waals surface area (Å²) in [6.07, 6.45) is 2.12. The van der Waals surface area contributed by atoms with Crippen LogP contribution in [-0.2, 0) is 20.7 Å². The molecule has 1 atom stereocenters. The smallest absolute Gasteiger partial charge is 0.245 e. The Morgan fingerprint density at radius 3 is 2.77 bits per heavy atom. The molecule has 0 spiro atoms. The number of aromatic nitrogens is 1. The lowest BCUT2D eigenvalue weighted by Gasteiger charge is -2.25. The Bertz CT molecular complexity index is 738. The van der Waals surface area contributed by atoms with Gasteiger partial charge in [-0.15, -0.1) is 0 Å². The number of rotatable bonds is 7. The Labute approximate surface area is 152 Å². The van der Waals surface area contributed by atoms with Gasteiger partial charge in [-0.05, 0) is 25.3 Å². The van der Waals surface area contributed by atoms with Gasteiger partial charge in [-0.3, -0.25) is 9.59 Å². The maximum absolute atomic E-state index is 12.7. The van der Waals surface area contributed by atoms with E-state index in [9.17, 15) is 9.59 Å². The van der Waals surface area contributed by atoms with E-state index in [-0.39, 0.29) is 30.9 Å². The second kappa shape index (κ2) is 8.62. The van der Waals surface area contributed by atoms with Crippen LogP contribution in [0.2, 0.25) is 0 Å². The fourth-order valence-electron chi connectivity index (χ4n) is 2.95. The van der Waals surface area contributed by atoms with Gasteiger partial charge in [0, 0.05) is 19.2 Å². The summed E-state index contributed by atoms with van der Waals surface area (Å²) in [4.78, 5) is 26.6. The molecule has 1 saturated heterocycles. The molecule has 138 valence electrons. The van der Waals surface area contributed by atoms with Crippen LogP contribution >= 0.6 is 0 Å². The molecular formula is C19H23N3O4. The van der Waals surface area contributed by atoms with Gasteiger partial charge in [0.2, 0.25) is 11.8 Å². The van der Waals surface area contributed by atoms with E-state index in [4.69, 9.17) is 9.26 Å². The van der Waals surface area contributed by atoms with Crippen LogP contribution in [0.5, 0.6) is 0 Å². The predicted octanol–water partition coefficient (Wildman–Crippen LogP) is 2.17. The molecule has 1 N–H and O–H groups in total. The van der Waals surface area contributed by atoms with E-state index in [1.165, 1.54) is 0 Å². The van der Waals surface area contributed by atoms with Gasteiger partial charge in [-0.1, -0.05) is 35.5 Å². The molecule has 1 unspecified atom stereocenters. The van der Waals surface area contributed by atoms with Crippen molar-refractivity contribution < 1.29 is 18.8 Å². The third-order valence-electron chi connectivity index (χ3n) is 4.23. The van der Waals surface area contributed by atoms with Crippen molar-refractivity contribution in [3.8, 4) is 0 Å². The molecule has 7 heteroatoms. The fraction of sp³-hybridized carbons (Fsp3) is 0.421. The van der Waals surface area contributed by atoms with E-state index in [1.807, 2.05) is 30.3 Å². The van der Waals surface area contributed by atoms with Crippen molar-refractivity contribution in [1.29, 1.82) is 0 Å². The van der Waals surface area contributed by atoms with Crippen LogP contribution in [0.4, 0.5) is 5.82 Å². The molecule has 2 heterocycles. The maximum Gasteiger partial charge on any atom is 0.245 e. The number of benzene rings is 1. The third-order valence-corrected chi connectivity index (χ3v) is 4.23. The zero-order chi connectivity index (χ0) is 18.4. The summed E-state index contributed by atoms with van der Waals surface area (Å²) in [5, 5.41) is 6.40. The van der Waals surface area contributed by atoms with Gasteiger partial charge in [-0.25, -0.2) is 0 Å². The summed E-state index contributed by atoms with van der Waals surface area (Å²) in [5.74, 6) is 0.549. The molecule has 1 aliphatic rings. The van der Waals surface area contributed by atoms with Crippen molar-refractivity contribution in [3.63, 3.8) is 0 Å². The van der Waals surface area contributed by atoms with E-state index in [1.54, 1.807) is 17.9 Å². The molecule has 2 aromatic rings. The average Bonchev–Trinajstić information content (AvgIpc) is 3.27. The normalized spacial score (nSPS) is 16.4. The number of aryl methyl sites for hydroxylation is 1. The minimum Gasteiger partial charge on any atom is -0.376 e. The van der Waals surface area contributed by atoms with E-state index < -0.39 is 0 Å². The highest BCUT2D eigenvalue weighted by atomic mass is 16.5.